The lowest BCUT2D eigenvalue weighted by Gasteiger charge is -2.14. The summed E-state index contributed by atoms with van der Waals surface area (Å²) < 4.78 is 12.2. The zero-order valence-corrected chi connectivity index (χ0v) is 19.7. The minimum absolute atomic E-state index is 0.202. The van der Waals surface area contributed by atoms with Gasteiger partial charge in [-0.2, -0.15) is 0 Å². The quantitative estimate of drug-likeness (QED) is 0.330. The average Bonchev–Trinajstić information content (AvgIpc) is 3.18. The van der Waals surface area contributed by atoms with Crippen LogP contribution in [0.4, 0.5) is 0 Å². The van der Waals surface area contributed by atoms with E-state index in [2.05, 4.69) is 21.2 Å². The Bertz CT molecular complexity index is 1420. The van der Waals surface area contributed by atoms with Crippen LogP contribution in [0.2, 0.25) is 0 Å². The number of hydrogen-bond acceptors (Lipinski definition) is 5. The van der Waals surface area contributed by atoms with Crippen LogP contribution < -0.4 is 10.9 Å². The Morgan fingerprint density at radius 2 is 1.85 bits per heavy atom. The van der Waals surface area contributed by atoms with Gasteiger partial charge in [-0.3, -0.25) is 4.79 Å². The normalized spacial score (nSPS) is 12.2. The van der Waals surface area contributed by atoms with E-state index in [1.807, 2.05) is 37.3 Å². The molecule has 0 fully saturated rings. The van der Waals surface area contributed by atoms with E-state index in [0.29, 0.717) is 35.0 Å². The number of carbonyl (C=O) groups excluding carboxylic acids is 1. The van der Waals surface area contributed by atoms with Crippen molar-refractivity contribution in [3.05, 3.63) is 68.7 Å². The predicted octanol–water partition coefficient (Wildman–Crippen LogP) is 5.19. The molecule has 1 unspecified atom stereocenters. The van der Waals surface area contributed by atoms with Crippen LogP contribution in [0.5, 0.6) is 0 Å². The van der Waals surface area contributed by atoms with E-state index in [9.17, 15) is 19.5 Å². The molecule has 4 aromatic rings. The number of benzene rings is 2. The predicted molar refractivity (Wildman–Crippen MR) is 128 cm³/mol. The number of aryl methyl sites for hydroxylation is 1. The van der Waals surface area contributed by atoms with Crippen molar-refractivity contribution >= 4 is 49.7 Å². The summed E-state index contributed by atoms with van der Waals surface area (Å²) in [4.78, 5) is 36.5. The number of hydrogen-bond donors (Lipinski definition) is 2. The number of fused-ring (bicyclic) bond motifs is 2. The molecule has 0 aliphatic heterocycles. The number of carbonyl (C=O) groups is 2. The molecule has 1 atom stereocenters. The van der Waals surface area contributed by atoms with Gasteiger partial charge in [0.25, 0.3) is 0 Å². The first kappa shape index (κ1) is 22.8. The third-order valence-corrected chi connectivity index (χ3v) is 6.21. The molecule has 8 heteroatoms. The number of rotatable bonds is 7. The van der Waals surface area contributed by atoms with Gasteiger partial charge in [-0.15, -0.1) is 0 Å². The number of halogens is 1. The molecule has 0 aliphatic carbocycles. The molecule has 33 heavy (non-hydrogen) atoms. The maximum Gasteiger partial charge on any atom is 0.340 e. The molecule has 0 saturated carbocycles. The maximum atomic E-state index is 12.6. The standard InChI is InChI=1S/C25H22BrNO6/c1-3-4-20(24(29)30)27-23(28)10-17-13(2)16-9-18-19(14-5-7-15(26)8-6-14)12-32-21(18)11-22(16)33-25(17)31/h5-9,11-12,20H,3-4,10H2,1-2H3,(H,27,28)(H,29,30). The molecule has 2 aromatic heterocycles. The van der Waals surface area contributed by atoms with Crippen LogP contribution in [0.15, 0.2) is 60.8 Å². The molecule has 0 spiro atoms. The molecule has 1 amide bonds. The van der Waals surface area contributed by atoms with E-state index in [1.165, 1.54) is 0 Å². The summed E-state index contributed by atoms with van der Waals surface area (Å²) in [5, 5.41) is 13.3. The first-order valence-electron chi connectivity index (χ1n) is 10.5. The van der Waals surface area contributed by atoms with Crippen molar-refractivity contribution in [2.24, 2.45) is 0 Å². The van der Waals surface area contributed by atoms with Crippen LogP contribution in [0.1, 0.15) is 30.9 Å². The first-order chi connectivity index (χ1) is 15.8. The van der Waals surface area contributed by atoms with Crippen molar-refractivity contribution < 1.29 is 23.5 Å². The van der Waals surface area contributed by atoms with Crippen molar-refractivity contribution in [3.63, 3.8) is 0 Å². The van der Waals surface area contributed by atoms with Crippen molar-refractivity contribution in [2.45, 2.75) is 39.2 Å². The topological polar surface area (TPSA) is 110 Å². The van der Waals surface area contributed by atoms with Gasteiger partial charge in [0.05, 0.1) is 18.2 Å². The third-order valence-electron chi connectivity index (χ3n) is 5.68. The summed E-state index contributed by atoms with van der Waals surface area (Å²) in [7, 11) is 0. The van der Waals surface area contributed by atoms with Gasteiger partial charge in [0.15, 0.2) is 0 Å². The molecule has 7 nitrogen and oxygen atoms in total. The van der Waals surface area contributed by atoms with E-state index < -0.39 is 23.5 Å². The molecule has 2 N–H and O–H groups in total. The SMILES string of the molecule is CCCC(NC(=O)Cc1c(C)c2cc3c(-c4ccc(Br)cc4)coc3cc2oc1=O)C(=O)O. The highest BCUT2D eigenvalue weighted by Crippen LogP contribution is 2.35. The molecule has 0 bridgehead atoms. The van der Waals surface area contributed by atoms with Crippen LogP contribution >= 0.6 is 15.9 Å². The smallest absolute Gasteiger partial charge is 0.340 e. The van der Waals surface area contributed by atoms with Gasteiger partial charge in [0, 0.05) is 26.9 Å². The lowest BCUT2D eigenvalue weighted by atomic mass is 9.99. The Kier molecular flexibility index (Phi) is 6.37. The minimum Gasteiger partial charge on any atom is -0.480 e. The molecular weight excluding hydrogens is 490 g/mol. The second kappa shape index (κ2) is 9.23. The van der Waals surface area contributed by atoms with Gasteiger partial charge in [-0.25, -0.2) is 9.59 Å². The van der Waals surface area contributed by atoms with Gasteiger partial charge in [-0.1, -0.05) is 41.4 Å². The Morgan fingerprint density at radius 1 is 1.12 bits per heavy atom. The molecule has 2 aromatic carbocycles. The van der Waals surface area contributed by atoms with Crippen LogP contribution in [-0.2, 0) is 16.0 Å². The Labute approximate surface area is 197 Å². The maximum absolute atomic E-state index is 12.6. The van der Waals surface area contributed by atoms with Crippen LogP contribution in [0.25, 0.3) is 33.1 Å². The monoisotopic (exact) mass is 511 g/mol. The fourth-order valence-corrected chi connectivity index (χ4v) is 4.18. The van der Waals surface area contributed by atoms with E-state index >= 15 is 0 Å². The van der Waals surface area contributed by atoms with Crippen molar-refractivity contribution in [3.8, 4) is 11.1 Å². The van der Waals surface area contributed by atoms with Gasteiger partial charge < -0.3 is 19.3 Å². The zero-order valence-electron chi connectivity index (χ0n) is 18.1. The van der Waals surface area contributed by atoms with Crippen molar-refractivity contribution in [1.82, 2.24) is 5.32 Å². The fraction of sp³-hybridized carbons (Fsp3) is 0.240. The Morgan fingerprint density at radius 3 is 2.52 bits per heavy atom. The zero-order chi connectivity index (χ0) is 23.7. The summed E-state index contributed by atoms with van der Waals surface area (Å²) >= 11 is 3.44. The fourth-order valence-electron chi connectivity index (χ4n) is 3.92. The number of furan rings is 1. The van der Waals surface area contributed by atoms with Gasteiger partial charge in [0.2, 0.25) is 5.91 Å². The van der Waals surface area contributed by atoms with Crippen molar-refractivity contribution in [2.75, 3.05) is 0 Å². The number of carboxylic acids is 1. The van der Waals surface area contributed by atoms with E-state index in [4.69, 9.17) is 8.83 Å². The van der Waals surface area contributed by atoms with Crippen LogP contribution in [0.3, 0.4) is 0 Å². The Balaban J connectivity index is 1.74. The highest BCUT2D eigenvalue weighted by atomic mass is 79.9. The molecule has 0 radical (unpaired) electrons. The summed E-state index contributed by atoms with van der Waals surface area (Å²) in [5.41, 5.74) is 3.00. The lowest BCUT2D eigenvalue weighted by Crippen LogP contribution is -2.41. The third kappa shape index (κ3) is 4.57. The molecular formula is C25H22BrNO6. The second-order valence-electron chi connectivity index (χ2n) is 7.92. The van der Waals surface area contributed by atoms with E-state index in [0.717, 1.165) is 21.0 Å². The van der Waals surface area contributed by atoms with Crippen molar-refractivity contribution in [1.29, 1.82) is 0 Å². The van der Waals surface area contributed by atoms with E-state index in [-0.39, 0.29) is 12.0 Å². The van der Waals surface area contributed by atoms with Crippen LogP contribution in [-0.4, -0.2) is 23.0 Å². The molecule has 170 valence electrons. The van der Waals surface area contributed by atoms with Gasteiger partial charge in [-0.05, 0) is 42.7 Å². The van der Waals surface area contributed by atoms with Gasteiger partial charge in [0.1, 0.15) is 17.2 Å². The van der Waals surface area contributed by atoms with Gasteiger partial charge >= 0.3 is 11.6 Å². The lowest BCUT2D eigenvalue weighted by molar-refractivity contribution is -0.141. The average molecular weight is 512 g/mol. The van der Waals surface area contributed by atoms with E-state index in [1.54, 1.807) is 19.3 Å². The highest BCUT2D eigenvalue weighted by molar-refractivity contribution is 9.10. The summed E-state index contributed by atoms with van der Waals surface area (Å²) in [6.07, 6.45) is 2.31. The minimum atomic E-state index is -1.10. The Hall–Kier alpha value is -3.39. The van der Waals surface area contributed by atoms with Crippen LogP contribution in [0, 0.1) is 6.92 Å². The molecule has 2 heterocycles. The number of carboxylic acid groups (broad SMARTS) is 1. The second-order valence-corrected chi connectivity index (χ2v) is 8.83. The molecule has 0 saturated heterocycles. The highest BCUT2D eigenvalue weighted by Gasteiger charge is 2.22. The number of amides is 1. The summed E-state index contributed by atoms with van der Waals surface area (Å²) in [6.45, 7) is 3.59. The number of aliphatic carboxylic acids is 1. The first-order valence-corrected chi connectivity index (χ1v) is 11.3. The molecule has 0 aliphatic rings. The largest absolute Gasteiger partial charge is 0.480 e. The molecule has 4 rings (SSSR count). The summed E-state index contributed by atoms with van der Waals surface area (Å²) in [5.74, 6) is -1.64. The number of nitrogens with one attached hydrogen (secondary N) is 1. The summed E-state index contributed by atoms with van der Waals surface area (Å²) in [6, 6.07) is 10.4.